The van der Waals surface area contributed by atoms with E-state index in [0.29, 0.717) is 12.0 Å². The second-order valence-electron chi connectivity index (χ2n) is 9.11. The van der Waals surface area contributed by atoms with E-state index in [4.69, 9.17) is 10.5 Å². The lowest BCUT2D eigenvalue weighted by Crippen LogP contribution is -2.44. The van der Waals surface area contributed by atoms with Gasteiger partial charge in [-0.25, -0.2) is 0 Å². The topological polar surface area (TPSA) is 127 Å². The summed E-state index contributed by atoms with van der Waals surface area (Å²) in [7, 11) is 1.45. The van der Waals surface area contributed by atoms with E-state index in [0.717, 1.165) is 12.0 Å². The minimum atomic E-state index is -1.77. The summed E-state index contributed by atoms with van der Waals surface area (Å²) in [5, 5.41) is 41.1. The number of nitrogens with zero attached hydrogens (tertiary/aromatic N) is 3. The van der Waals surface area contributed by atoms with Gasteiger partial charge in [0.15, 0.2) is 16.9 Å². The van der Waals surface area contributed by atoms with Gasteiger partial charge in [0.1, 0.15) is 6.07 Å². The molecular formula is C24H26N4O2. The van der Waals surface area contributed by atoms with Crippen LogP contribution in [0.2, 0.25) is 0 Å². The third-order valence-electron chi connectivity index (χ3n) is 6.69. The number of aromatic hydroxyl groups is 1. The number of fused-ring (bicyclic) bond motifs is 1. The van der Waals surface area contributed by atoms with Crippen molar-refractivity contribution in [2.24, 2.45) is 28.4 Å². The Morgan fingerprint density at radius 3 is 2.40 bits per heavy atom. The zero-order chi connectivity index (χ0) is 22.3. The first-order chi connectivity index (χ1) is 14.2. The SMILES string of the molecule is COc1cccc(C2C3CC(C(C)(C)C)CC=C3C(C#N)=C(N)C2(C#N)C#N)c1O. The Hall–Kier alpha value is -3.43. The van der Waals surface area contributed by atoms with Gasteiger partial charge in [-0.1, -0.05) is 39.0 Å². The zero-order valence-electron chi connectivity index (χ0n) is 17.7. The predicted octanol–water partition coefficient (Wildman–Crippen LogP) is 4.27. The van der Waals surface area contributed by atoms with Crippen LogP contribution in [0.4, 0.5) is 0 Å². The maximum absolute atomic E-state index is 10.9. The highest BCUT2D eigenvalue weighted by Gasteiger charge is 2.55. The molecule has 0 aliphatic heterocycles. The number of phenolic OH excluding ortho intramolecular Hbond substituents is 1. The van der Waals surface area contributed by atoms with E-state index in [1.165, 1.54) is 7.11 Å². The van der Waals surface area contributed by atoms with Gasteiger partial charge in [-0.05, 0) is 41.7 Å². The molecule has 154 valence electrons. The number of para-hydroxylation sites is 1. The van der Waals surface area contributed by atoms with Crippen LogP contribution in [0.25, 0.3) is 0 Å². The Morgan fingerprint density at radius 2 is 1.87 bits per heavy atom. The minimum Gasteiger partial charge on any atom is -0.504 e. The number of hydrogen-bond acceptors (Lipinski definition) is 6. The Bertz CT molecular complexity index is 1040. The molecule has 3 rings (SSSR count). The molecule has 1 aromatic rings. The molecule has 0 aromatic heterocycles. The summed E-state index contributed by atoms with van der Waals surface area (Å²) in [5.41, 5.74) is 5.94. The summed E-state index contributed by atoms with van der Waals surface area (Å²) in [6.07, 6.45) is 3.50. The molecule has 30 heavy (non-hydrogen) atoms. The van der Waals surface area contributed by atoms with Crippen LogP contribution in [0.15, 0.2) is 41.1 Å². The van der Waals surface area contributed by atoms with E-state index in [9.17, 15) is 20.9 Å². The summed E-state index contributed by atoms with van der Waals surface area (Å²) in [6, 6.07) is 11.4. The van der Waals surface area contributed by atoms with Crippen LogP contribution in [-0.2, 0) is 0 Å². The van der Waals surface area contributed by atoms with Crippen molar-refractivity contribution >= 4 is 0 Å². The second-order valence-corrected chi connectivity index (χ2v) is 9.11. The summed E-state index contributed by atoms with van der Waals surface area (Å²) in [6.45, 7) is 6.48. The monoisotopic (exact) mass is 402 g/mol. The molecule has 0 saturated heterocycles. The molecule has 2 aliphatic rings. The number of nitriles is 3. The summed E-state index contributed by atoms with van der Waals surface area (Å²) < 4.78 is 5.27. The minimum absolute atomic E-state index is 0.00443. The molecular weight excluding hydrogens is 376 g/mol. The van der Waals surface area contributed by atoms with E-state index < -0.39 is 11.3 Å². The number of ether oxygens (including phenoxy) is 1. The van der Waals surface area contributed by atoms with Gasteiger partial charge in [0, 0.05) is 11.5 Å². The number of rotatable bonds is 2. The van der Waals surface area contributed by atoms with E-state index in [-0.39, 0.29) is 40.0 Å². The molecule has 0 amide bonds. The van der Waals surface area contributed by atoms with Gasteiger partial charge >= 0.3 is 0 Å². The lowest BCUT2D eigenvalue weighted by atomic mass is 9.54. The van der Waals surface area contributed by atoms with Gasteiger partial charge in [0.2, 0.25) is 0 Å². The smallest absolute Gasteiger partial charge is 0.191 e. The maximum atomic E-state index is 10.9. The molecule has 0 heterocycles. The molecule has 6 nitrogen and oxygen atoms in total. The molecule has 0 radical (unpaired) electrons. The molecule has 6 heteroatoms. The quantitative estimate of drug-likeness (QED) is 0.760. The highest BCUT2D eigenvalue weighted by atomic mass is 16.5. The van der Waals surface area contributed by atoms with E-state index >= 15 is 0 Å². The van der Waals surface area contributed by atoms with E-state index in [2.05, 4.69) is 39.0 Å². The van der Waals surface area contributed by atoms with Gasteiger partial charge in [-0.15, -0.1) is 0 Å². The lowest BCUT2D eigenvalue weighted by Gasteiger charge is -2.47. The number of methoxy groups -OCH3 is 1. The molecule has 0 bridgehead atoms. The summed E-state index contributed by atoms with van der Waals surface area (Å²) >= 11 is 0. The Morgan fingerprint density at radius 1 is 1.20 bits per heavy atom. The molecule has 3 atom stereocenters. The third kappa shape index (κ3) is 2.99. The fourth-order valence-corrected chi connectivity index (χ4v) is 4.90. The average molecular weight is 402 g/mol. The largest absolute Gasteiger partial charge is 0.504 e. The molecule has 3 N–H and O–H groups in total. The van der Waals surface area contributed by atoms with Crippen LogP contribution < -0.4 is 10.5 Å². The molecule has 0 spiro atoms. The zero-order valence-corrected chi connectivity index (χ0v) is 17.7. The van der Waals surface area contributed by atoms with Crippen LogP contribution in [0.1, 0.15) is 45.1 Å². The molecule has 0 saturated carbocycles. The predicted molar refractivity (Wildman–Crippen MR) is 112 cm³/mol. The number of hydrogen-bond donors (Lipinski definition) is 2. The summed E-state index contributed by atoms with van der Waals surface area (Å²) in [5.74, 6) is -0.584. The first kappa shape index (κ1) is 21.3. The van der Waals surface area contributed by atoms with Crippen molar-refractivity contribution in [2.45, 2.75) is 39.5 Å². The molecule has 3 unspecified atom stereocenters. The standard InChI is InChI=1S/C24H26N4O2/c1-23(2,3)14-8-9-15-17(10-14)20(16-6-5-7-19(30-4)21(16)29)24(12-26,13-27)22(28)18(15)11-25/h5-7,9,14,17,20,29H,8,10,28H2,1-4H3. The van der Waals surface area contributed by atoms with E-state index in [1.54, 1.807) is 18.2 Å². The molecule has 0 fully saturated rings. The molecule has 1 aromatic carbocycles. The Labute approximate surface area is 177 Å². The van der Waals surface area contributed by atoms with Gasteiger partial charge < -0.3 is 15.6 Å². The Kier molecular flexibility index (Phi) is 5.27. The van der Waals surface area contributed by atoms with Crippen LogP contribution in [0.3, 0.4) is 0 Å². The number of benzene rings is 1. The van der Waals surface area contributed by atoms with Crippen LogP contribution in [-0.4, -0.2) is 12.2 Å². The highest BCUT2D eigenvalue weighted by Crippen LogP contribution is 2.59. The second kappa shape index (κ2) is 7.43. The van der Waals surface area contributed by atoms with Crippen molar-refractivity contribution in [3.8, 4) is 29.7 Å². The normalized spacial score (nSPS) is 25.2. The van der Waals surface area contributed by atoms with Crippen LogP contribution in [0, 0.1) is 56.7 Å². The first-order valence-electron chi connectivity index (χ1n) is 9.95. The molecule has 2 aliphatic carbocycles. The van der Waals surface area contributed by atoms with Gasteiger partial charge in [0.05, 0.1) is 30.5 Å². The fraction of sp³-hybridized carbons (Fsp3) is 0.458. The Balaban J connectivity index is 2.35. The van der Waals surface area contributed by atoms with Crippen molar-refractivity contribution in [1.29, 1.82) is 15.8 Å². The van der Waals surface area contributed by atoms with Crippen molar-refractivity contribution in [3.05, 3.63) is 46.7 Å². The summed E-state index contributed by atoms with van der Waals surface area (Å²) in [4.78, 5) is 0. The van der Waals surface area contributed by atoms with Gasteiger partial charge in [-0.3, -0.25) is 0 Å². The van der Waals surface area contributed by atoms with Gasteiger partial charge in [-0.2, -0.15) is 15.8 Å². The van der Waals surface area contributed by atoms with Crippen LogP contribution >= 0.6 is 0 Å². The first-order valence-corrected chi connectivity index (χ1v) is 9.95. The van der Waals surface area contributed by atoms with Crippen molar-refractivity contribution < 1.29 is 9.84 Å². The number of phenols is 1. The van der Waals surface area contributed by atoms with Crippen molar-refractivity contribution in [1.82, 2.24) is 0 Å². The van der Waals surface area contributed by atoms with Crippen molar-refractivity contribution in [2.75, 3.05) is 7.11 Å². The average Bonchev–Trinajstić information content (AvgIpc) is 2.72. The lowest BCUT2D eigenvalue weighted by molar-refractivity contribution is 0.169. The number of allylic oxidation sites excluding steroid dienone is 4. The van der Waals surface area contributed by atoms with E-state index in [1.807, 2.05) is 6.08 Å². The third-order valence-corrected chi connectivity index (χ3v) is 6.69. The van der Waals surface area contributed by atoms with Crippen molar-refractivity contribution in [3.63, 3.8) is 0 Å². The number of nitrogens with two attached hydrogens (primary N) is 1. The maximum Gasteiger partial charge on any atom is 0.191 e. The van der Waals surface area contributed by atoms with Crippen LogP contribution in [0.5, 0.6) is 11.5 Å². The fourth-order valence-electron chi connectivity index (χ4n) is 4.90. The highest BCUT2D eigenvalue weighted by molar-refractivity contribution is 5.61. The van der Waals surface area contributed by atoms with Gasteiger partial charge in [0.25, 0.3) is 0 Å².